The molecule has 0 radical (unpaired) electrons. The molecule has 0 aliphatic carbocycles. The first-order valence-electron chi connectivity index (χ1n) is 4.46. The summed E-state index contributed by atoms with van der Waals surface area (Å²) in [6.45, 7) is -0.0555. The highest BCUT2D eigenvalue weighted by molar-refractivity contribution is 7.54. The number of hydrogen-bond donors (Lipinski definition) is 3. The predicted octanol–water partition coefficient (Wildman–Crippen LogP) is 2.14. The largest absolute Gasteiger partial charge is 0.480 e. The molecule has 0 bridgehead atoms. The highest BCUT2D eigenvalue weighted by Gasteiger charge is 2.66. The molecule has 0 heterocycles. The summed E-state index contributed by atoms with van der Waals surface area (Å²) >= 11 is 0. The van der Waals surface area contributed by atoms with Crippen LogP contribution in [0.4, 0.5) is 26.3 Å². The predicted molar refractivity (Wildman–Crippen MR) is 48.3 cm³/mol. The van der Waals surface area contributed by atoms with Crippen LogP contribution < -0.4 is 0 Å². The zero-order chi connectivity index (χ0) is 15.9. The van der Waals surface area contributed by atoms with Crippen LogP contribution in [0.3, 0.4) is 0 Å². The first kappa shape index (κ1) is 18.2. The van der Waals surface area contributed by atoms with Gasteiger partial charge in [-0.3, -0.25) is 9.36 Å². The van der Waals surface area contributed by atoms with Crippen molar-refractivity contribution in [1.29, 1.82) is 0 Å². The van der Waals surface area contributed by atoms with Gasteiger partial charge in [-0.2, -0.15) is 26.3 Å². The van der Waals surface area contributed by atoms with Gasteiger partial charge in [0.05, 0.1) is 12.3 Å². The van der Waals surface area contributed by atoms with Crippen LogP contribution in [0.1, 0.15) is 13.3 Å². The summed E-state index contributed by atoms with van der Waals surface area (Å²) in [7, 11) is -6.00. The van der Waals surface area contributed by atoms with Crippen molar-refractivity contribution in [3.8, 4) is 0 Å². The average molecular weight is 318 g/mol. The van der Waals surface area contributed by atoms with Crippen LogP contribution in [0.25, 0.3) is 0 Å². The Morgan fingerprint density at radius 1 is 1.16 bits per heavy atom. The summed E-state index contributed by atoms with van der Waals surface area (Å²) < 4.78 is 84.7. The van der Waals surface area contributed by atoms with Gasteiger partial charge in [-0.1, -0.05) is 0 Å². The first-order valence-corrected chi connectivity index (χ1v) is 6.07. The molecule has 0 rings (SSSR count). The molecule has 0 amide bonds. The molecule has 0 aromatic heterocycles. The van der Waals surface area contributed by atoms with Crippen LogP contribution >= 0.6 is 7.60 Å². The van der Waals surface area contributed by atoms with Crippen LogP contribution in [0.2, 0.25) is 0 Å². The van der Waals surface area contributed by atoms with Gasteiger partial charge < -0.3 is 14.9 Å². The van der Waals surface area contributed by atoms with Gasteiger partial charge in [0.25, 0.3) is 0 Å². The molecule has 0 saturated carbocycles. The summed E-state index contributed by atoms with van der Waals surface area (Å²) in [5.41, 5.74) is 0. The minimum Gasteiger partial charge on any atom is -0.480 e. The van der Waals surface area contributed by atoms with Crippen molar-refractivity contribution in [1.82, 2.24) is 0 Å². The van der Waals surface area contributed by atoms with E-state index in [9.17, 15) is 35.7 Å². The highest BCUT2D eigenvalue weighted by atomic mass is 31.2. The van der Waals surface area contributed by atoms with Crippen LogP contribution in [0.15, 0.2) is 0 Å². The molecule has 2 atom stereocenters. The molecule has 0 spiro atoms. The van der Waals surface area contributed by atoms with Crippen molar-refractivity contribution < 1.29 is 50.6 Å². The molecule has 0 saturated heterocycles. The van der Waals surface area contributed by atoms with E-state index < -0.39 is 43.4 Å². The van der Waals surface area contributed by atoms with Crippen molar-refractivity contribution in [2.24, 2.45) is 5.92 Å². The van der Waals surface area contributed by atoms with Crippen LogP contribution in [-0.4, -0.2) is 38.4 Å². The summed E-state index contributed by atoms with van der Waals surface area (Å²) in [5.74, 6) is -6.43. The smallest absolute Gasteiger partial charge is 0.393 e. The molecule has 114 valence electrons. The van der Waals surface area contributed by atoms with E-state index in [2.05, 4.69) is 0 Å². The molecule has 3 N–H and O–H groups in total. The molecule has 0 aromatic carbocycles. The van der Waals surface area contributed by atoms with E-state index in [4.69, 9.17) is 14.9 Å². The fraction of sp³-hybridized carbons (Fsp3) is 0.857. The first-order chi connectivity index (χ1) is 8.03. The number of carboxylic acid groups (broad SMARTS) is 1. The van der Waals surface area contributed by atoms with Crippen molar-refractivity contribution in [2.45, 2.75) is 30.9 Å². The van der Waals surface area contributed by atoms with Crippen molar-refractivity contribution in [3.05, 3.63) is 0 Å². The second kappa shape index (κ2) is 4.95. The number of aliphatic carboxylic acids is 1. The number of carboxylic acids is 1. The Morgan fingerprint density at radius 3 is 1.68 bits per heavy atom. The molecule has 5 nitrogen and oxygen atoms in total. The van der Waals surface area contributed by atoms with Crippen molar-refractivity contribution >= 4 is 13.6 Å². The highest BCUT2D eigenvalue weighted by Crippen LogP contribution is 2.60. The fourth-order valence-corrected chi connectivity index (χ4v) is 2.23. The minimum absolute atomic E-state index is 0.0555. The number of hydrogen-bond acceptors (Lipinski definition) is 2. The lowest BCUT2D eigenvalue weighted by Crippen LogP contribution is -2.51. The number of rotatable bonds is 4. The Labute approximate surface area is 102 Å². The van der Waals surface area contributed by atoms with Gasteiger partial charge in [0.2, 0.25) is 0 Å². The van der Waals surface area contributed by atoms with Gasteiger partial charge in [-0.05, 0) is 6.92 Å². The van der Waals surface area contributed by atoms with Crippen LogP contribution in [0, 0.1) is 5.92 Å². The zero-order valence-corrected chi connectivity index (χ0v) is 10.1. The zero-order valence-electron chi connectivity index (χ0n) is 9.16. The second-order valence-corrected chi connectivity index (χ2v) is 5.93. The standard InChI is InChI=1S/C7H9F6O5P/c1-5(4(14)15,19(16,17)18)3(7(11,12)13)2-6(8,9)10/h3H,2H2,1H3,(H,14,15)(H2,16,17,18). The maximum absolute atomic E-state index is 12.5. The average Bonchev–Trinajstić information content (AvgIpc) is 2.07. The van der Waals surface area contributed by atoms with Gasteiger partial charge in [0, 0.05) is 0 Å². The van der Waals surface area contributed by atoms with Gasteiger partial charge in [-0.25, -0.2) is 0 Å². The summed E-state index contributed by atoms with van der Waals surface area (Å²) in [6, 6.07) is 0. The second-order valence-electron chi connectivity index (χ2n) is 3.91. The molecule has 19 heavy (non-hydrogen) atoms. The quantitative estimate of drug-likeness (QED) is 0.545. The SMILES string of the molecule is CC(C(=O)O)(C(CC(F)(F)F)C(F)(F)F)P(=O)(O)O. The van der Waals surface area contributed by atoms with Crippen molar-refractivity contribution in [3.63, 3.8) is 0 Å². The Morgan fingerprint density at radius 2 is 1.53 bits per heavy atom. The van der Waals surface area contributed by atoms with E-state index in [1.54, 1.807) is 0 Å². The van der Waals surface area contributed by atoms with Gasteiger partial charge in [-0.15, -0.1) is 0 Å². The number of carbonyl (C=O) groups is 1. The maximum atomic E-state index is 12.5. The number of alkyl halides is 6. The summed E-state index contributed by atoms with van der Waals surface area (Å²) in [6.07, 6.45) is -13.9. The van der Waals surface area contributed by atoms with Crippen LogP contribution in [-0.2, 0) is 9.36 Å². The number of halogens is 6. The van der Waals surface area contributed by atoms with E-state index in [1.807, 2.05) is 0 Å². The van der Waals surface area contributed by atoms with E-state index in [0.717, 1.165) is 0 Å². The molecule has 0 aromatic rings. The van der Waals surface area contributed by atoms with Gasteiger partial charge in [0.15, 0.2) is 5.16 Å². The minimum atomic E-state index is -6.00. The lowest BCUT2D eigenvalue weighted by atomic mass is 9.89. The summed E-state index contributed by atoms with van der Waals surface area (Å²) in [5, 5.41) is 4.62. The normalized spacial score (nSPS) is 18.8. The molecule has 12 heteroatoms. The van der Waals surface area contributed by atoms with E-state index in [-0.39, 0.29) is 6.92 Å². The maximum Gasteiger partial charge on any atom is 0.393 e. The third-order valence-corrected chi connectivity index (χ3v) is 4.26. The van der Waals surface area contributed by atoms with Crippen LogP contribution in [0.5, 0.6) is 0 Å². The van der Waals surface area contributed by atoms with Crippen molar-refractivity contribution in [2.75, 3.05) is 0 Å². The monoisotopic (exact) mass is 318 g/mol. The van der Waals surface area contributed by atoms with Gasteiger partial charge in [0.1, 0.15) is 0 Å². The third kappa shape index (κ3) is 4.08. The van der Waals surface area contributed by atoms with E-state index in [1.165, 1.54) is 0 Å². The molecular formula is C7H9F6O5P. The lowest BCUT2D eigenvalue weighted by Gasteiger charge is -2.35. The topological polar surface area (TPSA) is 94.8 Å². The Hall–Kier alpha value is -0.800. The Kier molecular flexibility index (Phi) is 4.74. The third-order valence-electron chi connectivity index (χ3n) is 2.55. The molecule has 0 aliphatic rings. The van der Waals surface area contributed by atoms with E-state index >= 15 is 0 Å². The molecule has 0 aliphatic heterocycles. The van der Waals surface area contributed by atoms with E-state index in [0.29, 0.717) is 0 Å². The fourth-order valence-electron chi connectivity index (χ4n) is 1.34. The lowest BCUT2D eigenvalue weighted by molar-refractivity contribution is -0.229. The Balaban J connectivity index is 5.96. The van der Waals surface area contributed by atoms with Gasteiger partial charge >= 0.3 is 25.9 Å². The molecule has 2 unspecified atom stereocenters. The molecular weight excluding hydrogens is 309 g/mol. The summed E-state index contributed by atoms with van der Waals surface area (Å²) in [4.78, 5) is 28.1. The molecule has 0 fully saturated rings. The Bertz CT molecular complexity index is 398.